The summed E-state index contributed by atoms with van der Waals surface area (Å²) < 4.78 is 34.7. The van der Waals surface area contributed by atoms with Gasteiger partial charge in [0.15, 0.2) is 0 Å². The molecule has 0 N–H and O–H groups in total. The molecule has 0 heterocycles. The Morgan fingerprint density at radius 3 is 2.50 bits per heavy atom. The van der Waals surface area contributed by atoms with Crippen LogP contribution in [0.4, 0.5) is 4.39 Å². The summed E-state index contributed by atoms with van der Waals surface area (Å²) in [6.45, 7) is 1.54. The van der Waals surface area contributed by atoms with E-state index in [2.05, 4.69) is 0 Å². The Labute approximate surface area is 91.1 Å². The van der Waals surface area contributed by atoms with Crippen molar-refractivity contribution in [2.75, 3.05) is 0 Å². The second-order valence-electron chi connectivity index (χ2n) is 2.82. The number of benzene rings is 1. The maximum Gasteiger partial charge on any atom is 0.236 e. The zero-order valence-electron chi connectivity index (χ0n) is 7.22. The summed E-state index contributed by atoms with van der Waals surface area (Å²) in [5, 5.41) is 0.321. The Bertz CT molecular complexity index is 457. The van der Waals surface area contributed by atoms with Crippen LogP contribution in [0, 0.1) is 12.7 Å². The van der Waals surface area contributed by atoms with Crippen LogP contribution in [0.2, 0.25) is 5.02 Å². The van der Waals surface area contributed by atoms with Crippen molar-refractivity contribution in [1.29, 1.82) is 0 Å². The smallest absolute Gasteiger partial charge is 0.212 e. The summed E-state index contributed by atoms with van der Waals surface area (Å²) >= 11 is 5.71. The molecule has 1 aromatic carbocycles. The predicted octanol–water partition coefficient (Wildman–Crippen LogP) is 2.86. The van der Waals surface area contributed by atoms with Gasteiger partial charge in [-0.15, -0.1) is 0 Å². The largest absolute Gasteiger partial charge is 0.236 e. The molecule has 0 aliphatic rings. The van der Waals surface area contributed by atoms with Crippen molar-refractivity contribution in [3.63, 3.8) is 0 Å². The first-order valence-corrected chi connectivity index (χ1v) is 6.52. The maximum atomic E-state index is 13.2. The Hall–Kier alpha value is -0.320. The Balaban J connectivity index is 3.27. The van der Waals surface area contributed by atoms with Crippen molar-refractivity contribution in [2.24, 2.45) is 0 Å². The first kappa shape index (κ1) is 11.8. The van der Waals surface area contributed by atoms with E-state index in [1.165, 1.54) is 6.07 Å². The Kier molecular flexibility index (Phi) is 3.40. The van der Waals surface area contributed by atoms with Crippen LogP contribution in [0.15, 0.2) is 12.1 Å². The van der Waals surface area contributed by atoms with Gasteiger partial charge < -0.3 is 0 Å². The van der Waals surface area contributed by atoms with Crippen LogP contribution < -0.4 is 0 Å². The van der Waals surface area contributed by atoms with E-state index < -0.39 is 20.6 Å². The summed E-state index contributed by atoms with van der Waals surface area (Å²) in [4.78, 5) is 0. The average Bonchev–Trinajstić information content (AvgIpc) is 2.04. The Morgan fingerprint density at radius 1 is 1.43 bits per heavy atom. The highest BCUT2D eigenvalue weighted by Crippen LogP contribution is 2.24. The molecule has 0 aliphatic heterocycles. The van der Waals surface area contributed by atoms with Crippen molar-refractivity contribution in [3.8, 4) is 0 Å². The molecule has 0 fully saturated rings. The van der Waals surface area contributed by atoms with Crippen LogP contribution in [-0.2, 0) is 14.8 Å². The monoisotopic (exact) mass is 256 g/mol. The van der Waals surface area contributed by atoms with Crippen LogP contribution in [0.3, 0.4) is 0 Å². The van der Waals surface area contributed by atoms with Crippen LogP contribution in [0.5, 0.6) is 0 Å². The van der Waals surface area contributed by atoms with Crippen LogP contribution >= 0.6 is 22.3 Å². The second kappa shape index (κ2) is 4.04. The zero-order valence-corrected chi connectivity index (χ0v) is 9.55. The normalized spacial score (nSPS) is 11.7. The van der Waals surface area contributed by atoms with Gasteiger partial charge in [-0.25, -0.2) is 12.8 Å². The molecule has 0 unspecified atom stereocenters. The van der Waals surface area contributed by atoms with Gasteiger partial charge in [-0.3, -0.25) is 0 Å². The van der Waals surface area contributed by atoms with Gasteiger partial charge in [0.1, 0.15) is 5.82 Å². The second-order valence-corrected chi connectivity index (χ2v) is 6.00. The highest BCUT2D eigenvalue weighted by molar-refractivity contribution is 8.13. The van der Waals surface area contributed by atoms with Crippen molar-refractivity contribution < 1.29 is 12.8 Å². The molecule has 0 saturated carbocycles. The first-order chi connectivity index (χ1) is 6.31. The lowest BCUT2D eigenvalue weighted by Gasteiger charge is -2.06. The third kappa shape index (κ3) is 2.83. The number of hydrogen-bond donors (Lipinski definition) is 0. The van der Waals surface area contributed by atoms with E-state index in [4.69, 9.17) is 22.3 Å². The molecule has 0 bridgehead atoms. The van der Waals surface area contributed by atoms with Gasteiger partial charge in [0.05, 0.1) is 5.75 Å². The molecule has 6 heteroatoms. The lowest BCUT2D eigenvalue weighted by molar-refractivity contribution is 0.596. The van der Waals surface area contributed by atoms with Gasteiger partial charge in [0, 0.05) is 21.3 Å². The molecule has 0 spiro atoms. The van der Waals surface area contributed by atoms with Gasteiger partial charge in [0.2, 0.25) is 9.05 Å². The fraction of sp³-hybridized carbons (Fsp3) is 0.250. The SMILES string of the molecule is Cc1c(Cl)ccc(F)c1CS(=O)(=O)Cl. The van der Waals surface area contributed by atoms with Gasteiger partial charge in [-0.2, -0.15) is 0 Å². The molecule has 78 valence electrons. The van der Waals surface area contributed by atoms with E-state index in [-0.39, 0.29) is 5.56 Å². The van der Waals surface area contributed by atoms with Crippen molar-refractivity contribution in [3.05, 3.63) is 34.1 Å². The molecule has 1 aromatic rings. The third-order valence-electron chi connectivity index (χ3n) is 1.79. The quantitative estimate of drug-likeness (QED) is 0.763. The lowest BCUT2D eigenvalue weighted by atomic mass is 10.1. The molecular weight excluding hydrogens is 250 g/mol. The molecule has 14 heavy (non-hydrogen) atoms. The van der Waals surface area contributed by atoms with Crippen molar-refractivity contribution in [2.45, 2.75) is 12.7 Å². The van der Waals surface area contributed by atoms with E-state index in [1.807, 2.05) is 0 Å². The molecule has 0 saturated heterocycles. The van der Waals surface area contributed by atoms with Crippen molar-refractivity contribution in [1.82, 2.24) is 0 Å². The number of hydrogen-bond acceptors (Lipinski definition) is 2. The fourth-order valence-electron chi connectivity index (χ4n) is 1.04. The first-order valence-electron chi connectivity index (χ1n) is 3.67. The van der Waals surface area contributed by atoms with Gasteiger partial charge in [-0.1, -0.05) is 11.6 Å². The van der Waals surface area contributed by atoms with E-state index >= 15 is 0 Å². The molecular formula is C8H7Cl2FO2S. The summed E-state index contributed by atoms with van der Waals surface area (Å²) in [6, 6.07) is 2.49. The molecule has 0 amide bonds. The summed E-state index contributed by atoms with van der Waals surface area (Å²) in [5.41, 5.74) is 0.420. The predicted molar refractivity (Wildman–Crippen MR) is 54.6 cm³/mol. The summed E-state index contributed by atoms with van der Waals surface area (Å²) in [5.74, 6) is -1.16. The van der Waals surface area contributed by atoms with Gasteiger partial charge >= 0.3 is 0 Å². The topological polar surface area (TPSA) is 34.1 Å². The maximum absolute atomic E-state index is 13.2. The van der Waals surface area contributed by atoms with E-state index in [0.29, 0.717) is 10.6 Å². The standard InChI is InChI=1S/C8H7Cl2FO2S/c1-5-6(4-14(10,12)13)8(11)3-2-7(5)9/h2-3H,4H2,1H3. The molecule has 0 aromatic heterocycles. The molecule has 0 aliphatic carbocycles. The minimum Gasteiger partial charge on any atom is -0.212 e. The highest BCUT2D eigenvalue weighted by Gasteiger charge is 2.15. The third-order valence-corrected chi connectivity index (χ3v) is 3.16. The minimum absolute atomic E-state index is 0.0208. The average molecular weight is 257 g/mol. The lowest BCUT2D eigenvalue weighted by Crippen LogP contribution is -2.01. The van der Waals surface area contributed by atoms with Crippen LogP contribution in [0.25, 0.3) is 0 Å². The van der Waals surface area contributed by atoms with E-state index in [1.54, 1.807) is 6.92 Å². The molecule has 1 rings (SSSR count). The molecule has 0 atom stereocenters. The van der Waals surface area contributed by atoms with Gasteiger partial charge in [0.25, 0.3) is 0 Å². The zero-order chi connectivity index (χ0) is 10.9. The van der Waals surface area contributed by atoms with Crippen LogP contribution in [0.1, 0.15) is 11.1 Å². The summed E-state index contributed by atoms with van der Waals surface area (Å²) in [7, 11) is 1.26. The van der Waals surface area contributed by atoms with Crippen molar-refractivity contribution >= 4 is 31.3 Å². The highest BCUT2D eigenvalue weighted by atomic mass is 35.7. The van der Waals surface area contributed by atoms with E-state index in [9.17, 15) is 12.8 Å². The molecule has 2 nitrogen and oxygen atoms in total. The van der Waals surface area contributed by atoms with E-state index in [0.717, 1.165) is 6.07 Å². The number of rotatable bonds is 2. The summed E-state index contributed by atoms with van der Waals surface area (Å²) in [6.07, 6.45) is 0. The number of halogens is 3. The Morgan fingerprint density at radius 2 is 2.00 bits per heavy atom. The fourth-order valence-corrected chi connectivity index (χ4v) is 2.25. The minimum atomic E-state index is -3.77. The van der Waals surface area contributed by atoms with Crippen LogP contribution in [-0.4, -0.2) is 8.42 Å². The molecule has 0 radical (unpaired) electrons. The van der Waals surface area contributed by atoms with Gasteiger partial charge in [-0.05, 0) is 24.6 Å².